The fraction of sp³-hybridized carbons (Fsp3) is 0. The Balaban J connectivity index is 1.20. The molecule has 2 heterocycles. The third-order valence-corrected chi connectivity index (χ3v) is 9.61. The molecule has 4 heteroatoms. The van der Waals surface area contributed by atoms with Gasteiger partial charge in [0.1, 0.15) is 11.2 Å². The molecule has 0 unspecified atom stereocenters. The van der Waals surface area contributed by atoms with E-state index in [9.17, 15) is 2.74 Å². The number of hydrogen-bond acceptors (Lipinski definition) is 4. The van der Waals surface area contributed by atoms with Gasteiger partial charge in [-0.2, -0.15) is 0 Å². The molecule has 2 aromatic heterocycles. The highest BCUT2D eigenvalue weighted by Gasteiger charge is 2.16. The molecule has 55 heavy (non-hydrogen) atoms. The highest BCUT2D eigenvalue weighted by atomic mass is 16.3. The molecule has 0 aliphatic heterocycles. The molecule has 0 bridgehead atoms. The van der Waals surface area contributed by atoms with Crippen molar-refractivity contribution in [2.75, 3.05) is 0 Å². The normalized spacial score (nSPS) is 13.1. The monoisotopic (exact) mass is 710 g/mol. The zero-order valence-electron chi connectivity index (χ0n) is 36.3. The number of nitrogens with zero attached hydrogens (tertiary/aromatic N) is 3. The predicted octanol–water partition coefficient (Wildman–Crippen LogP) is 13.4. The second kappa shape index (κ2) is 13.8. The smallest absolute Gasteiger partial charge is 0.164 e. The molecule has 0 aliphatic rings. The van der Waals surface area contributed by atoms with E-state index in [1.165, 1.54) is 0 Å². The topological polar surface area (TPSA) is 51.8 Å². The maximum Gasteiger partial charge on any atom is 0.164 e. The van der Waals surface area contributed by atoms with Gasteiger partial charge in [-0.25, -0.2) is 15.0 Å². The molecule has 0 aliphatic carbocycles. The predicted molar refractivity (Wildman–Crippen MR) is 225 cm³/mol. The Morgan fingerprint density at radius 2 is 0.727 bits per heavy atom. The molecule has 0 radical (unpaired) electrons. The molecule has 10 aromatic rings. The Morgan fingerprint density at radius 1 is 0.327 bits per heavy atom. The third-order valence-electron chi connectivity index (χ3n) is 9.61. The minimum absolute atomic E-state index is 0.00601. The molecule has 10 rings (SSSR count). The first-order valence-electron chi connectivity index (χ1n) is 21.4. The summed E-state index contributed by atoms with van der Waals surface area (Å²) in [6.45, 7) is 0. The lowest BCUT2D eigenvalue weighted by Gasteiger charge is -2.13. The van der Waals surface area contributed by atoms with Crippen molar-refractivity contribution in [1.29, 1.82) is 0 Å². The van der Waals surface area contributed by atoms with Crippen LogP contribution >= 0.6 is 0 Å². The fourth-order valence-electron chi connectivity index (χ4n) is 6.79. The first-order chi connectivity index (χ1) is 30.1. The van der Waals surface area contributed by atoms with Gasteiger partial charge in [0.05, 0.1) is 9.60 Å². The molecule has 0 spiro atoms. The van der Waals surface area contributed by atoms with E-state index < -0.39 is 18.1 Å². The summed E-state index contributed by atoms with van der Waals surface area (Å²) in [6, 6.07) is 49.0. The average molecular weight is 711 g/mol. The molecular formula is C51H33N3O. The minimum atomic E-state index is -0.485. The van der Waals surface area contributed by atoms with Crippen LogP contribution in [0.5, 0.6) is 0 Å². The van der Waals surface area contributed by atoms with E-state index in [4.69, 9.17) is 26.2 Å². The third kappa shape index (κ3) is 6.36. The van der Waals surface area contributed by atoms with E-state index in [2.05, 4.69) is 24.3 Å². The van der Waals surface area contributed by atoms with Crippen LogP contribution in [0.3, 0.4) is 0 Å². The lowest BCUT2D eigenvalue weighted by Crippen LogP contribution is -2.00. The molecule has 0 saturated heterocycles. The maximum atomic E-state index is 9.55. The van der Waals surface area contributed by atoms with Gasteiger partial charge in [-0.05, 0) is 80.8 Å². The number of hydrogen-bond donors (Lipinski definition) is 0. The maximum absolute atomic E-state index is 9.55. The summed E-state index contributed by atoms with van der Waals surface area (Å²) in [5, 5.41) is 0.0331. The zero-order chi connectivity index (χ0) is 42.6. The zero-order valence-corrected chi connectivity index (χ0v) is 29.3. The highest BCUT2D eigenvalue weighted by Crippen LogP contribution is 2.37. The number of rotatable bonds is 7. The van der Waals surface area contributed by atoms with Crippen LogP contribution in [0.4, 0.5) is 0 Å². The van der Waals surface area contributed by atoms with Crippen LogP contribution in [0.1, 0.15) is 9.60 Å². The molecule has 0 fully saturated rings. The van der Waals surface area contributed by atoms with Crippen LogP contribution in [0.15, 0.2) is 204 Å². The molecular weight excluding hydrogens is 671 g/mol. The largest absolute Gasteiger partial charge is 0.456 e. The fourth-order valence-corrected chi connectivity index (χ4v) is 6.79. The van der Waals surface area contributed by atoms with Crippen molar-refractivity contribution in [3.8, 4) is 78.7 Å². The molecule has 0 amide bonds. The first-order valence-corrected chi connectivity index (χ1v) is 17.9. The summed E-state index contributed by atoms with van der Waals surface area (Å²) in [5.74, 6) is 1.23. The van der Waals surface area contributed by atoms with Gasteiger partial charge in [-0.15, -0.1) is 0 Å². The summed E-state index contributed by atoms with van der Waals surface area (Å²) < 4.78 is 67.6. The summed E-state index contributed by atoms with van der Waals surface area (Å²) in [6.07, 6.45) is 0. The Hall–Kier alpha value is -7.43. The Labute approximate surface area is 328 Å². The Morgan fingerprint density at radius 3 is 1.27 bits per heavy atom. The highest BCUT2D eigenvalue weighted by molar-refractivity contribution is 6.06. The molecule has 258 valence electrons. The molecule has 0 N–H and O–H groups in total. The van der Waals surface area contributed by atoms with Gasteiger partial charge in [0.2, 0.25) is 0 Å². The molecule has 4 nitrogen and oxygen atoms in total. The Bertz CT molecular complexity index is 3240. The number of fused-ring (bicyclic) bond motifs is 3. The van der Waals surface area contributed by atoms with Gasteiger partial charge in [0, 0.05) is 27.5 Å². The lowest BCUT2D eigenvalue weighted by atomic mass is 9.95. The van der Waals surface area contributed by atoms with E-state index in [0.717, 1.165) is 44.5 Å². The van der Waals surface area contributed by atoms with E-state index >= 15 is 0 Å². The van der Waals surface area contributed by atoms with Crippen LogP contribution in [0, 0.1) is 0 Å². The van der Waals surface area contributed by atoms with Crippen molar-refractivity contribution in [2.24, 2.45) is 0 Å². The van der Waals surface area contributed by atoms with Crippen molar-refractivity contribution >= 4 is 21.9 Å². The number of benzene rings is 8. The van der Waals surface area contributed by atoms with Gasteiger partial charge in [-0.3, -0.25) is 0 Å². The number of furan rings is 1. The Kier molecular flexibility index (Phi) is 6.43. The number of para-hydroxylation sites is 1. The van der Waals surface area contributed by atoms with Crippen LogP contribution in [0.25, 0.3) is 101 Å². The standard InChI is InChI=1S/C51H33N3O/c1-4-12-34(13-5-1)37-20-24-39(25-21-37)49-52-50(40-26-22-38(23-27-40)35-14-6-2-7-15-35)54-51(53-49)44-31-42(36-16-8-3-9-17-36)30-43(32-44)41-28-29-48-46(33-41)45-18-10-11-19-47(45)55-48/h1-33H/i10D,11D,18D,19D,28D,29D,33D. The molecule has 8 aromatic carbocycles. The van der Waals surface area contributed by atoms with Gasteiger partial charge in [-0.1, -0.05) is 164 Å². The van der Waals surface area contributed by atoms with Crippen LogP contribution < -0.4 is 0 Å². The van der Waals surface area contributed by atoms with Gasteiger partial charge < -0.3 is 4.42 Å². The van der Waals surface area contributed by atoms with E-state index in [-0.39, 0.29) is 51.7 Å². The average Bonchev–Trinajstić information content (AvgIpc) is 3.74. The van der Waals surface area contributed by atoms with Gasteiger partial charge in [0.15, 0.2) is 17.5 Å². The van der Waals surface area contributed by atoms with Gasteiger partial charge in [0.25, 0.3) is 0 Å². The van der Waals surface area contributed by atoms with Gasteiger partial charge >= 0.3 is 0 Å². The lowest BCUT2D eigenvalue weighted by molar-refractivity contribution is 0.669. The van der Waals surface area contributed by atoms with Crippen molar-refractivity contribution < 1.29 is 14.0 Å². The summed E-state index contributed by atoms with van der Waals surface area (Å²) in [4.78, 5) is 15.1. The van der Waals surface area contributed by atoms with Crippen molar-refractivity contribution in [3.63, 3.8) is 0 Å². The second-order valence-corrected chi connectivity index (χ2v) is 13.1. The van der Waals surface area contributed by atoms with E-state index in [0.29, 0.717) is 28.6 Å². The molecule has 0 saturated carbocycles. The molecule has 0 atom stereocenters. The number of aromatic nitrogens is 3. The van der Waals surface area contributed by atoms with E-state index in [1.807, 2.05) is 127 Å². The second-order valence-electron chi connectivity index (χ2n) is 13.1. The quantitative estimate of drug-likeness (QED) is 0.165. The van der Waals surface area contributed by atoms with Crippen LogP contribution in [0.2, 0.25) is 0 Å². The first kappa shape index (κ1) is 25.5. The summed E-state index contributed by atoms with van der Waals surface area (Å²) in [7, 11) is 0. The van der Waals surface area contributed by atoms with Crippen molar-refractivity contribution in [2.45, 2.75) is 0 Å². The summed E-state index contributed by atoms with van der Waals surface area (Å²) >= 11 is 0. The van der Waals surface area contributed by atoms with Crippen LogP contribution in [-0.4, -0.2) is 15.0 Å². The van der Waals surface area contributed by atoms with E-state index in [1.54, 1.807) is 6.07 Å². The van der Waals surface area contributed by atoms with Crippen LogP contribution in [-0.2, 0) is 0 Å². The minimum Gasteiger partial charge on any atom is -0.456 e. The SMILES string of the molecule is [2H]c1c([2H])c([2H])c2c(oc3c([2H])c([2H])c(-c4cc(-c5ccccc5)cc(-c5nc(-c6ccc(-c7ccccc7)cc6)nc(-c6ccc(-c7ccccc7)cc6)n5)c4)c([2H])c32)c1[2H]. The summed E-state index contributed by atoms with van der Waals surface area (Å²) in [5.41, 5.74) is 8.18. The van der Waals surface area contributed by atoms with Crippen molar-refractivity contribution in [1.82, 2.24) is 15.0 Å². The van der Waals surface area contributed by atoms with Crippen molar-refractivity contribution in [3.05, 3.63) is 200 Å².